The van der Waals surface area contributed by atoms with Crippen LogP contribution in [0, 0.1) is 6.92 Å². The largest absolute Gasteiger partial charge is 0.487 e. The number of carbonyl (C=O) groups excluding carboxylic acids is 3. The molecule has 0 aliphatic rings. The number of pyridine rings is 3. The molecule has 0 aliphatic heterocycles. The molecule has 10 nitrogen and oxygen atoms in total. The third kappa shape index (κ3) is 8.49. The molecule has 5 aromatic rings. The van der Waals surface area contributed by atoms with Gasteiger partial charge in [-0.2, -0.15) is 0 Å². The summed E-state index contributed by atoms with van der Waals surface area (Å²) >= 11 is 13.2. The molecule has 0 radical (unpaired) electrons. The van der Waals surface area contributed by atoms with Crippen molar-refractivity contribution in [2.24, 2.45) is 0 Å². The van der Waals surface area contributed by atoms with Crippen LogP contribution in [0.3, 0.4) is 0 Å². The van der Waals surface area contributed by atoms with E-state index in [1.54, 1.807) is 49.8 Å². The van der Waals surface area contributed by atoms with Crippen LogP contribution < -0.4 is 20.3 Å². The van der Waals surface area contributed by atoms with Crippen molar-refractivity contribution in [3.05, 3.63) is 130 Å². The molecule has 0 spiro atoms. The number of benzene rings is 2. The fourth-order valence-corrected chi connectivity index (χ4v) is 5.13. The number of likely N-dealkylation sites (N-methyl/N-ethyl adjacent to an activating group) is 1. The third-order valence-electron chi connectivity index (χ3n) is 7.13. The summed E-state index contributed by atoms with van der Waals surface area (Å²) in [7, 11) is 1.56. The number of aromatic nitrogens is 3. The molecule has 0 atom stereocenters. The average molecular weight is 670 g/mol. The zero-order chi connectivity index (χ0) is 33.3. The highest BCUT2D eigenvalue weighted by molar-refractivity contribution is 6.38. The van der Waals surface area contributed by atoms with E-state index in [1.807, 2.05) is 43.3 Å². The Morgan fingerprint density at radius 2 is 1.81 bits per heavy atom. The Bertz CT molecular complexity index is 1950. The number of nitrogens with one attached hydrogen (secondary N) is 2. The zero-order valence-electron chi connectivity index (χ0n) is 25.5. The lowest BCUT2D eigenvalue weighted by molar-refractivity contribution is -0.122. The van der Waals surface area contributed by atoms with Crippen molar-refractivity contribution in [2.75, 3.05) is 18.5 Å². The first kappa shape index (κ1) is 33.1. The van der Waals surface area contributed by atoms with Crippen molar-refractivity contribution in [2.45, 2.75) is 20.1 Å². The first-order chi connectivity index (χ1) is 22.7. The number of anilines is 1. The summed E-state index contributed by atoms with van der Waals surface area (Å²) in [6.07, 6.45) is 7.62. The van der Waals surface area contributed by atoms with Crippen molar-refractivity contribution >= 4 is 63.6 Å². The second kappa shape index (κ2) is 15.3. The molecule has 47 heavy (non-hydrogen) atoms. The molecule has 2 aromatic carbocycles. The van der Waals surface area contributed by atoms with Gasteiger partial charge in [-0.25, -0.2) is 4.98 Å². The Hall–Kier alpha value is -5.32. The van der Waals surface area contributed by atoms with Crippen LogP contribution in [0.4, 0.5) is 5.69 Å². The normalized spacial score (nSPS) is 11.0. The molecule has 0 saturated heterocycles. The highest BCUT2D eigenvalue weighted by atomic mass is 35.5. The predicted molar refractivity (Wildman–Crippen MR) is 182 cm³/mol. The Morgan fingerprint density at radius 3 is 2.57 bits per heavy atom. The van der Waals surface area contributed by atoms with Crippen molar-refractivity contribution < 1.29 is 19.1 Å². The first-order valence-electron chi connectivity index (χ1n) is 14.5. The second-order valence-electron chi connectivity index (χ2n) is 10.5. The zero-order valence-corrected chi connectivity index (χ0v) is 27.0. The fraction of sp³-hybridized carbons (Fsp3) is 0.143. The van der Waals surface area contributed by atoms with Crippen LogP contribution in [0.25, 0.3) is 17.0 Å². The topological polar surface area (TPSA) is 126 Å². The number of ether oxygens (including phenoxy) is 1. The van der Waals surface area contributed by atoms with Gasteiger partial charge in [-0.1, -0.05) is 53.5 Å². The van der Waals surface area contributed by atoms with E-state index in [-0.39, 0.29) is 29.8 Å². The smallest absolute Gasteiger partial charge is 0.270 e. The first-order valence-corrected chi connectivity index (χ1v) is 15.3. The van der Waals surface area contributed by atoms with E-state index in [1.165, 1.54) is 23.2 Å². The van der Waals surface area contributed by atoms with Crippen molar-refractivity contribution in [1.29, 1.82) is 0 Å². The van der Waals surface area contributed by atoms with Gasteiger partial charge < -0.3 is 20.3 Å². The summed E-state index contributed by atoms with van der Waals surface area (Å²) in [6, 6.07) is 19.7. The van der Waals surface area contributed by atoms with E-state index in [4.69, 9.17) is 27.9 Å². The summed E-state index contributed by atoms with van der Waals surface area (Å²) < 4.78 is 6.08. The molecule has 2 N–H and O–H groups in total. The van der Waals surface area contributed by atoms with Crippen LogP contribution in [0.15, 0.2) is 91.4 Å². The summed E-state index contributed by atoms with van der Waals surface area (Å²) in [4.78, 5) is 51.9. The number of hydrogen-bond acceptors (Lipinski definition) is 7. The van der Waals surface area contributed by atoms with Gasteiger partial charge in [0.05, 0.1) is 17.3 Å². The minimum absolute atomic E-state index is 0.0513. The summed E-state index contributed by atoms with van der Waals surface area (Å²) in [5.41, 5.74) is 4.21. The number of fused-ring (bicyclic) bond motifs is 1. The lowest BCUT2D eigenvalue weighted by atomic mass is 10.1. The Labute approximate surface area is 281 Å². The minimum Gasteiger partial charge on any atom is -0.487 e. The maximum atomic E-state index is 13.0. The molecule has 238 valence electrons. The van der Waals surface area contributed by atoms with Crippen LogP contribution in [-0.2, 0) is 22.7 Å². The van der Waals surface area contributed by atoms with Crippen LogP contribution in [-0.4, -0.2) is 46.3 Å². The average Bonchev–Trinajstić information content (AvgIpc) is 3.09. The summed E-state index contributed by atoms with van der Waals surface area (Å²) in [5.74, 6) is -0.638. The number of amides is 3. The van der Waals surface area contributed by atoms with E-state index in [9.17, 15) is 14.4 Å². The molecular formula is C35H30Cl2N6O4. The maximum Gasteiger partial charge on any atom is 0.270 e. The van der Waals surface area contributed by atoms with E-state index in [0.29, 0.717) is 34.1 Å². The quantitative estimate of drug-likeness (QED) is 0.167. The molecule has 3 amide bonds. The standard InChI is InChI=1S/C35H30Cl2N6O4/c1-22-8-11-25-6-3-7-30(34(25)42-22)47-21-26-27(36)12-14-29(33(26)37)43(2)32(45)20-40-31(44)15-10-23-9-13-28(39-18-23)35(46)41-19-24-5-4-16-38-17-24/h3-18H,19-21H2,1-2H3,(H,40,44)(H,41,46)/b15-10+. The molecule has 5 rings (SSSR count). The van der Waals surface area contributed by atoms with Gasteiger partial charge in [0, 0.05) is 59.9 Å². The van der Waals surface area contributed by atoms with Gasteiger partial charge in [0.15, 0.2) is 0 Å². The van der Waals surface area contributed by atoms with Gasteiger partial charge >= 0.3 is 0 Å². The van der Waals surface area contributed by atoms with Gasteiger partial charge in [-0.05, 0) is 60.5 Å². The summed E-state index contributed by atoms with van der Waals surface area (Å²) in [6.45, 7) is 2.01. The van der Waals surface area contributed by atoms with Crippen molar-refractivity contribution in [3.63, 3.8) is 0 Å². The highest BCUT2D eigenvalue weighted by Gasteiger charge is 2.19. The molecule has 0 saturated carbocycles. The predicted octanol–water partition coefficient (Wildman–Crippen LogP) is 5.94. The Kier molecular flexibility index (Phi) is 10.8. The van der Waals surface area contributed by atoms with E-state index < -0.39 is 11.8 Å². The van der Waals surface area contributed by atoms with Gasteiger partial charge in [0.2, 0.25) is 11.8 Å². The maximum absolute atomic E-state index is 13.0. The van der Waals surface area contributed by atoms with Gasteiger partial charge in [0.25, 0.3) is 5.91 Å². The van der Waals surface area contributed by atoms with Gasteiger partial charge in [0.1, 0.15) is 23.6 Å². The van der Waals surface area contributed by atoms with Crippen LogP contribution >= 0.6 is 23.2 Å². The molecule has 0 fully saturated rings. The van der Waals surface area contributed by atoms with Gasteiger partial charge in [-0.15, -0.1) is 0 Å². The number of aryl methyl sites for hydroxylation is 1. The number of nitrogens with zero attached hydrogens (tertiary/aromatic N) is 4. The van der Waals surface area contributed by atoms with Crippen molar-refractivity contribution in [1.82, 2.24) is 25.6 Å². The Morgan fingerprint density at radius 1 is 0.957 bits per heavy atom. The lowest BCUT2D eigenvalue weighted by Gasteiger charge is -2.21. The molecule has 0 bridgehead atoms. The monoisotopic (exact) mass is 668 g/mol. The molecule has 12 heteroatoms. The van der Waals surface area contributed by atoms with Crippen LogP contribution in [0.2, 0.25) is 10.0 Å². The number of halogens is 2. The van der Waals surface area contributed by atoms with E-state index in [0.717, 1.165) is 22.2 Å². The Balaban J connectivity index is 1.14. The molecule has 0 unspecified atom stereocenters. The minimum atomic E-state index is -0.486. The molecule has 3 aromatic heterocycles. The fourth-order valence-electron chi connectivity index (χ4n) is 4.52. The molecular weight excluding hydrogens is 639 g/mol. The number of carbonyl (C=O) groups is 3. The van der Waals surface area contributed by atoms with E-state index >= 15 is 0 Å². The highest BCUT2D eigenvalue weighted by Crippen LogP contribution is 2.35. The SMILES string of the molecule is Cc1ccc2cccc(OCc3c(Cl)ccc(N(C)C(=O)CNC(=O)/C=C/c4ccc(C(=O)NCc5cccnc5)nc4)c3Cl)c2n1. The number of hydrogen-bond donors (Lipinski definition) is 2. The van der Waals surface area contributed by atoms with Crippen LogP contribution in [0.5, 0.6) is 5.75 Å². The third-order valence-corrected chi connectivity index (χ3v) is 7.91. The summed E-state index contributed by atoms with van der Waals surface area (Å²) in [5, 5.41) is 6.93. The van der Waals surface area contributed by atoms with E-state index in [2.05, 4.69) is 25.6 Å². The molecule has 3 heterocycles. The lowest BCUT2D eigenvalue weighted by Crippen LogP contribution is -2.37. The number of rotatable bonds is 11. The van der Waals surface area contributed by atoms with Crippen LogP contribution in [0.1, 0.15) is 32.9 Å². The van der Waals surface area contributed by atoms with Gasteiger partial charge in [-0.3, -0.25) is 24.4 Å². The second-order valence-corrected chi connectivity index (χ2v) is 11.2. The molecule has 0 aliphatic carbocycles. The number of para-hydroxylation sites is 1. The van der Waals surface area contributed by atoms with Crippen molar-refractivity contribution in [3.8, 4) is 5.75 Å².